The van der Waals surface area contributed by atoms with E-state index < -0.39 is 0 Å². The van der Waals surface area contributed by atoms with Gasteiger partial charge in [0.2, 0.25) is 0 Å². The van der Waals surface area contributed by atoms with Crippen LogP contribution in [0.2, 0.25) is 0 Å². The summed E-state index contributed by atoms with van der Waals surface area (Å²) in [6.07, 6.45) is 4.86. The number of hydrogen-bond acceptors (Lipinski definition) is 3. The van der Waals surface area contributed by atoms with Crippen LogP contribution in [0.25, 0.3) is 23.2 Å². The first-order valence-electron chi connectivity index (χ1n) is 8.70. The summed E-state index contributed by atoms with van der Waals surface area (Å²) in [6.45, 7) is 8.09. The van der Waals surface area contributed by atoms with Crippen LogP contribution in [0.4, 0.5) is 0 Å². The van der Waals surface area contributed by atoms with E-state index in [-0.39, 0.29) is 0 Å². The first kappa shape index (κ1) is 18.1. The molecule has 0 fully saturated rings. The highest BCUT2D eigenvalue weighted by atomic mass is 32.1. The van der Waals surface area contributed by atoms with Gasteiger partial charge in [-0.25, -0.2) is 0 Å². The van der Waals surface area contributed by atoms with Gasteiger partial charge in [0.05, 0.1) is 5.69 Å². The number of hydrogen-bond donors (Lipinski definition) is 2. The van der Waals surface area contributed by atoms with Gasteiger partial charge in [0.1, 0.15) is 5.75 Å². The van der Waals surface area contributed by atoms with Crippen LogP contribution in [0, 0.1) is 18.6 Å². The molecule has 4 nitrogen and oxygen atoms in total. The normalized spacial score (nSPS) is 11.4. The van der Waals surface area contributed by atoms with Gasteiger partial charge in [-0.05, 0) is 74.3 Å². The summed E-state index contributed by atoms with van der Waals surface area (Å²) >= 11 is 5.54. The molecule has 26 heavy (non-hydrogen) atoms. The van der Waals surface area contributed by atoms with Gasteiger partial charge in [-0.3, -0.25) is 9.67 Å². The minimum atomic E-state index is 0.319. The molecule has 3 aromatic rings. The average molecular weight is 366 g/mol. The van der Waals surface area contributed by atoms with Crippen LogP contribution in [0.3, 0.4) is 0 Å². The van der Waals surface area contributed by atoms with Gasteiger partial charge in [0.15, 0.2) is 10.6 Å². The van der Waals surface area contributed by atoms with E-state index in [1.54, 1.807) is 6.07 Å². The van der Waals surface area contributed by atoms with E-state index >= 15 is 0 Å². The lowest BCUT2D eigenvalue weighted by Crippen LogP contribution is -2.03. The van der Waals surface area contributed by atoms with Gasteiger partial charge in [0, 0.05) is 11.1 Å². The number of phenols is 1. The van der Waals surface area contributed by atoms with Crippen molar-refractivity contribution >= 4 is 18.3 Å². The van der Waals surface area contributed by atoms with Crippen molar-refractivity contribution in [3.63, 3.8) is 0 Å². The topological polar surface area (TPSA) is 53.8 Å². The number of aromatic amines is 1. The van der Waals surface area contributed by atoms with Crippen LogP contribution in [-0.2, 0) is 6.42 Å². The zero-order valence-corrected chi connectivity index (χ0v) is 16.3. The van der Waals surface area contributed by atoms with E-state index in [1.165, 1.54) is 5.56 Å². The largest absolute Gasteiger partial charge is 0.508 e. The van der Waals surface area contributed by atoms with Gasteiger partial charge in [-0.2, -0.15) is 5.10 Å². The Hall–Kier alpha value is -2.66. The maximum absolute atomic E-state index is 10.1. The second-order valence-corrected chi connectivity index (χ2v) is 6.73. The SMILES string of the molecule is CC=Cc1c(C)cccc1-n1c(-c2cc(CC)c(O)cc2C)n[nH]c1=S. The van der Waals surface area contributed by atoms with Gasteiger partial charge < -0.3 is 5.11 Å². The number of rotatable bonds is 4. The number of nitrogens with one attached hydrogen (secondary N) is 1. The third-order valence-electron chi connectivity index (χ3n) is 4.60. The van der Waals surface area contributed by atoms with Crippen molar-refractivity contribution in [2.75, 3.05) is 0 Å². The number of phenolic OH excluding ortho intramolecular Hbond substituents is 1. The monoisotopic (exact) mass is 365 g/mol. The van der Waals surface area contributed by atoms with E-state index in [1.807, 2.05) is 49.6 Å². The first-order valence-corrected chi connectivity index (χ1v) is 9.11. The predicted molar refractivity (Wildman–Crippen MR) is 109 cm³/mol. The Morgan fingerprint density at radius 1 is 1.23 bits per heavy atom. The Morgan fingerprint density at radius 2 is 2.00 bits per heavy atom. The molecule has 0 amide bonds. The van der Waals surface area contributed by atoms with Gasteiger partial charge in [-0.1, -0.05) is 31.2 Å². The van der Waals surface area contributed by atoms with Gasteiger partial charge in [0.25, 0.3) is 0 Å². The van der Waals surface area contributed by atoms with Gasteiger partial charge in [-0.15, -0.1) is 0 Å². The fourth-order valence-electron chi connectivity index (χ4n) is 3.21. The van der Waals surface area contributed by atoms with E-state index in [0.29, 0.717) is 10.5 Å². The van der Waals surface area contributed by atoms with E-state index in [2.05, 4.69) is 29.3 Å². The van der Waals surface area contributed by atoms with Crippen LogP contribution < -0.4 is 0 Å². The van der Waals surface area contributed by atoms with Crippen molar-refractivity contribution in [3.8, 4) is 22.8 Å². The van der Waals surface area contributed by atoms with Crippen molar-refractivity contribution in [1.82, 2.24) is 14.8 Å². The first-order chi connectivity index (χ1) is 12.5. The summed E-state index contributed by atoms with van der Waals surface area (Å²) in [5, 5.41) is 17.6. The van der Waals surface area contributed by atoms with E-state index in [4.69, 9.17) is 12.2 Å². The minimum Gasteiger partial charge on any atom is -0.508 e. The molecule has 0 unspecified atom stereocenters. The summed E-state index contributed by atoms with van der Waals surface area (Å²) in [4.78, 5) is 0. The molecule has 1 aromatic heterocycles. The molecular formula is C21H23N3OS. The second kappa shape index (κ2) is 7.30. The number of aromatic nitrogens is 3. The number of H-pyrrole nitrogens is 1. The fraction of sp³-hybridized carbons (Fsp3) is 0.238. The standard InChI is InChI=1S/C21H23N3OS/c1-5-8-16-13(3)9-7-10-18(16)24-20(22-23-21(24)26)17-12-15(6-2)19(25)11-14(17)4/h5,7-12,25H,6H2,1-4H3,(H,23,26). The molecule has 134 valence electrons. The molecule has 0 aliphatic rings. The minimum absolute atomic E-state index is 0.319. The smallest absolute Gasteiger partial charge is 0.200 e. The summed E-state index contributed by atoms with van der Waals surface area (Å²) < 4.78 is 2.51. The molecule has 2 aromatic carbocycles. The van der Waals surface area contributed by atoms with Crippen LogP contribution in [-0.4, -0.2) is 19.9 Å². The quantitative estimate of drug-likeness (QED) is 0.599. The predicted octanol–water partition coefficient (Wildman–Crippen LogP) is 5.51. The Balaban J connectivity index is 2.32. The highest BCUT2D eigenvalue weighted by Gasteiger charge is 2.17. The maximum atomic E-state index is 10.1. The molecule has 5 heteroatoms. The number of benzene rings is 2. The molecule has 0 saturated carbocycles. The molecule has 0 aliphatic heterocycles. The molecule has 2 N–H and O–H groups in total. The van der Waals surface area contributed by atoms with Crippen LogP contribution in [0.15, 0.2) is 36.4 Å². The van der Waals surface area contributed by atoms with Crippen LogP contribution in [0.5, 0.6) is 5.75 Å². The van der Waals surface area contributed by atoms with Crippen molar-refractivity contribution < 1.29 is 5.11 Å². The third-order valence-corrected chi connectivity index (χ3v) is 4.87. The summed E-state index contributed by atoms with van der Waals surface area (Å²) in [7, 11) is 0. The lowest BCUT2D eigenvalue weighted by molar-refractivity contribution is 0.468. The van der Waals surface area contributed by atoms with E-state index in [9.17, 15) is 5.11 Å². The van der Waals surface area contributed by atoms with E-state index in [0.717, 1.165) is 40.2 Å². The van der Waals surface area contributed by atoms with Crippen LogP contribution in [0.1, 0.15) is 36.1 Å². The molecular weight excluding hydrogens is 342 g/mol. The zero-order chi connectivity index (χ0) is 18.8. The molecule has 1 heterocycles. The molecule has 0 bridgehead atoms. The van der Waals surface area contributed by atoms with Crippen LogP contribution >= 0.6 is 12.2 Å². The number of allylic oxidation sites excluding steroid dienone is 1. The summed E-state index contributed by atoms with van der Waals surface area (Å²) in [6, 6.07) is 9.95. The Bertz CT molecular complexity index is 1040. The van der Waals surface area contributed by atoms with Crippen molar-refractivity contribution in [2.24, 2.45) is 0 Å². The molecule has 0 aliphatic carbocycles. The number of aryl methyl sites for hydroxylation is 3. The highest BCUT2D eigenvalue weighted by Crippen LogP contribution is 2.32. The van der Waals surface area contributed by atoms with Crippen molar-refractivity contribution in [1.29, 1.82) is 0 Å². The number of nitrogens with zero attached hydrogens (tertiary/aromatic N) is 2. The summed E-state index contributed by atoms with van der Waals surface area (Å²) in [5.74, 6) is 1.07. The van der Waals surface area contributed by atoms with Crippen molar-refractivity contribution in [2.45, 2.75) is 34.1 Å². The number of aromatic hydroxyl groups is 1. The highest BCUT2D eigenvalue weighted by molar-refractivity contribution is 7.71. The third kappa shape index (κ3) is 3.10. The lowest BCUT2D eigenvalue weighted by Gasteiger charge is -2.15. The van der Waals surface area contributed by atoms with Crippen molar-refractivity contribution in [3.05, 3.63) is 63.4 Å². The average Bonchev–Trinajstić information content (AvgIpc) is 2.98. The summed E-state index contributed by atoms with van der Waals surface area (Å²) in [5.41, 5.74) is 6.08. The molecule has 0 saturated heterocycles. The second-order valence-electron chi connectivity index (χ2n) is 6.34. The fourth-order valence-corrected chi connectivity index (χ4v) is 3.44. The Kier molecular flexibility index (Phi) is 5.09. The molecule has 0 atom stereocenters. The Morgan fingerprint density at radius 3 is 2.69 bits per heavy atom. The molecule has 3 rings (SSSR count). The maximum Gasteiger partial charge on any atom is 0.200 e. The molecule has 0 spiro atoms. The lowest BCUT2D eigenvalue weighted by atomic mass is 10.0. The van der Waals surface area contributed by atoms with Gasteiger partial charge >= 0.3 is 0 Å². The molecule has 0 radical (unpaired) electrons. The Labute approximate surface area is 158 Å². The zero-order valence-electron chi connectivity index (χ0n) is 15.5.